The molecular formula is C17H26ClFN2OS. The van der Waals surface area contributed by atoms with Gasteiger partial charge in [0.1, 0.15) is 5.82 Å². The average molecular weight is 361 g/mol. The molecule has 1 aromatic rings. The van der Waals surface area contributed by atoms with E-state index in [-0.39, 0.29) is 30.0 Å². The van der Waals surface area contributed by atoms with E-state index in [1.807, 2.05) is 6.92 Å². The Morgan fingerprint density at radius 3 is 2.83 bits per heavy atom. The number of halogens is 2. The largest absolute Gasteiger partial charge is 0.356 e. The number of hydrogen-bond donors (Lipinski definition) is 2. The molecule has 6 heteroatoms. The van der Waals surface area contributed by atoms with Crippen LogP contribution in [0, 0.1) is 17.7 Å². The van der Waals surface area contributed by atoms with E-state index in [0.717, 1.165) is 31.0 Å². The lowest BCUT2D eigenvalue weighted by Crippen LogP contribution is -2.35. The first kappa shape index (κ1) is 20.3. The lowest BCUT2D eigenvalue weighted by Gasteiger charge is -2.23. The second-order valence-corrected chi connectivity index (χ2v) is 7.05. The average Bonchev–Trinajstić information content (AvgIpc) is 2.55. The number of carbonyl (C=O) groups is 1. The van der Waals surface area contributed by atoms with E-state index in [1.54, 1.807) is 23.9 Å². The minimum absolute atomic E-state index is 0. The van der Waals surface area contributed by atoms with Crippen LogP contribution in [0.2, 0.25) is 0 Å². The minimum Gasteiger partial charge on any atom is -0.356 e. The van der Waals surface area contributed by atoms with Crippen molar-refractivity contribution in [3.63, 3.8) is 0 Å². The van der Waals surface area contributed by atoms with Crippen molar-refractivity contribution in [1.82, 2.24) is 10.6 Å². The van der Waals surface area contributed by atoms with E-state index in [4.69, 9.17) is 0 Å². The Bertz CT molecular complexity index is 466. The van der Waals surface area contributed by atoms with Gasteiger partial charge in [0.25, 0.3) is 0 Å². The summed E-state index contributed by atoms with van der Waals surface area (Å²) in [5.74, 6) is 1.24. The summed E-state index contributed by atoms with van der Waals surface area (Å²) in [5, 5.41) is 6.43. The second kappa shape index (κ2) is 10.9. The molecule has 0 radical (unpaired) electrons. The summed E-state index contributed by atoms with van der Waals surface area (Å²) in [5.41, 5.74) is 0. The van der Waals surface area contributed by atoms with Gasteiger partial charge in [0.15, 0.2) is 0 Å². The summed E-state index contributed by atoms with van der Waals surface area (Å²) in [7, 11) is 0. The molecule has 3 nitrogen and oxygen atoms in total. The molecule has 1 aromatic carbocycles. The van der Waals surface area contributed by atoms with E-state index in [1.165, 1.54) is 25.0 Å². The van der Waals surface area contributed by atoms with Gasteiger partial charge in [-0.2, -0.15) is 0 Å². The molecule has 2 atom stereocenters. The molecule has 2 rings (SSSR count). The molecule has 0 spiro atoms. The number of carbonyl (C=O) groups excluding carboxylic acids is 1. The van der Waals surface area contributed by atoms with E-state index in [2.05, 4.69) is 10.6 Å². The fraction of sp³-hybridized carbons (Fsp3) is 0.588. The van der Waals surface area contributed by atoms with Crippen LogP contribution in [0.3, 0.4) is 0 Å². The Kier molecular flexibility index (Phi) is 9.60. The Balaban J connectivity index is 0.00000264. The Morgan fingerprint density at radius 1 is 1.43 bits per heavy atom. The standard InChI is InChI=1S/C17H25FN2OS.ClH/c1-13(12-22-16-6-4-15(18)5-7-16)17(21)20-10-8-14-3-2-9-19-11-14;/h4-7,13-14,19H,2-3,8-12H2,1H3,(H,20,21);1H. The van der Waals surface area contributed by atoms with Crippen LogP contribution >= 0.6 is 24.2 Å². The molecule has 1 heterocycles. The summed E-state index contributed by atoms with van der Waals surface area (Å²) in [6, 6.07) is 6.40. The molecule has 2 N–H and O–H groups in total. The van der Waals surface area contributed by atoms with Crippen LogP contribution in [0.15, 0.2) is 29.2 Å². The van der Waals surface area contributed by atoms with Crippen molar-refractivity contribution >= 4 is 30.1 Å². The molecule has 0 saturated carbocycles. The third-order valence-corrected chi connectivity index (χ3v) is 5.28. The molecular weight excluding hydrogens is 335 g/mol. The van der Waals surface area contributed by atoms with Crippen molar-refractivity contribution in [3.8, 4) is 0 Å². The number of amides is 1. The van der Waals surface area contributed by atoms with E-state index in [0.29, 0.717) is 11.7 Å². The zero-order valence-corrected chi connectivity index (χ0v) is 15.1. The molecule has 1 amide bonds. The van der Waals surface area contributed by atoms with Crippen LogP contribution in [0.1, 0.15) is 26.2 Å². The molecule has 0 aliphatic carbocycles. The molecule has 1 aliphatic heterocycles. The van der Waals surface area contributed by atoms with Crippen molar-refractivity contribution in [1.29, 1.82) is 0 Å². The van der Waals surface area contributed by atoms with Gasteiger partial charge in [-0.3, -0.25) is 4.79 Å². The van der Waals surface area contributed by atoms with Gasteiger partial charge >= 0.3 is 0 Å². The van der Waals surface area contributed by atoms with Gasteiger partial charge in [0.2, 0.25) is 5.91 Å². The quantitative estimate of drug-likeness (QED) is 0.731. The van der Waals surface area contributed by atoms with Crippen LogP contribution in [0.4, 0.5) is 4.39 Å². The first-order valence-electron chi connectivity index (χ1n) is 8.02. The zero-order valence-electron chi connectivity index (χ0n) is 13.5. The van der Waals surface area contributed by atoms with Gasteiger partial charge in [-0.1, -0.05) is 6.92 Å². The zero-order chi connectivity index (χ0) is 15.8. The van der Waals surface area contributed by atoms with Crippen LogP contribution < -0.4 is 10.6 Å². The van der Waals surface area contributed by atoms with E-state index >= 15 is 0 Å². The summed E-state index contributed by atoms with van der Waals surface area (Å²) >= 11 is 1.59. The van der Waals surface area contributed by atoms with Crippen molar-refractivity contribution in [3.05, 3.63) is 30.1 Å². The maximum atomic E-state index is 12.8. The number of rotatable bonds is 7. The number of thioether (sulfide) groups is 1. The lowest BCUT2D eigenvalue weighted by molar-refractivity contribution is -0.123. The third-order valence-electron chi connectivity index (χ3n) is 4.01. The molecule has 1 aliphatic rings. The minimum atomic E-state index is -0.229. The summed E-state index contributed by atoms with van der Waals surface area (Å²) in [6.07, 6.45) is 3.55. The predicted octanol–water partition coefficient (Wildman–Crippen LogP) is 3.48. The van der Waals surface area contributed by atoms with Crippen LogP contribution in [0.5, 0.6) is 0 Å². The fourth-order valence-electron chi connectivity index (χ4n) is 2.57. The topological polar surface area (TPSA) is 41.1 Å². The lowest BCUT2D eigenvalue weighted by atomic mass is 9.96. The number of nitrogens with one attached hydrogen (secondary N) is 2. The molecule has 0 bridgehead atoms. The molecule has 1 fully saturated rings. The highest BCUT2D eigenvalue weighted by molar-refractivity contribution is 7.99. The van der Waals surface area contributed by atoms with Gasteiger partial charge in [-0.25, -0.2) is 4.39 Å². The van der Waals surface area contributed by atoms with Crippen LogP contribution in [-0.4, -0.2) is 31.3 Å². The summed E-state index contributed by atoms with van der Waals surface area (Å²) in [4.78, 5) is 13.1. The monoisotopic (exact) mass is 360 g/mol. The number of piperidine rings is 1. The first-order chi connectivity index (χ1) is 10.6. The van der Waals surface area contributed by atoms with E-state index < -0.39 is 0 Å². The smallest absolute Gasteiger partial charge is 0.223 e. The van der Waals surface area contributed by atoms with Gasteiger partial charge in [-0.05, 0) is 62.5 Å². The fourth-order valence-corrected chi connectivity index (χ4v) is 3.49. The van der Waals surface area contributed by atoms with Crippen molar-refractivity contribution in [2.75, 3.05) is 25.4 Å². The van der Waals surface area contributed by atoms with Gasteiger partial charge in [-0.15, -0.1) is 24.2 Å². The summed E-state index contributed by atoms with van der Waals surface area (Å²) < 4.78 is 12.8. The maximum absolute atomic E-state index is 12.8. The highest BCUT2D eigenvalue weighted by atomic mass is 35.5. The molecule has 1 saturated heterocycles. The third kappa shape index (κ3) is 7.55. The second-order valence-electron chi connectivity index (χ2n) is 5.96. The molecule has 2 unspecified atom stereocenters. The molecule has 0 aromatic heterocycles. The van der Waals surface area contributed by atoms with Crippen molar-refractivity contribution < 1.29 is 9.18 Å². The number of benzene rings is 1. The van der Waals surface area contributed by atoms with Crippen LogP contribution in [-0.2, 0) is 4.79 Å². The number of hydrogen-bond acceptors (Lipinski definition) is 3. The highest BCUT2D eigenvalue weighted by Crippen LogP contribution is 2.21. The Hall–Kier alpha value is -0.780. The predicted molar refractivity (Wildman–Crippen MR) is 96.8 cm³/mol. The van der Waals surface area contributed by atoms with Crippen LogP contribution in [0.25, 0.3) is 0 Å². The van der Waals surface area contributed by atoms with Gasteiger partial charge in [0, 0.05) is 23.1 Å². The molecule has 23 heavy (non-hydrogen) atoms. The normalized spacial score (nSPS) is 18.8. The highest BCUT2D eigenvalue weighted by Gasteiger charge is 2.15. The van der Waals surface area contributed by atoms with E-state index in [9.17, 15) is 9.18 Å². The Morgan fingerprint density at radius 2 is 2.17 bits per heavy atom. The van der Waals surface area contributed by atoms with Gasteiger partial charge in [0.05, 0.1) is 0 Å². The van der Waals surface area contributed by atoms with Gasteiger partial charge < -0.3 is 10.6 Å². The first-order valence-corrected chi connectivity index (χ1v) is 9.00. The maximum Gasteiger partial charge on any atom is 0.223 e. The Labute approximate surface area is 148 Å². The summed E-state index contributed by atoms with van der Waals surface area (Å²) in [6.45, 7) is 4.90. The SMILES string of the molecule is CC(CSc1ccc(F)cc1)C(=O)NCCC1CCCNC1.Cl. The van der Waals surface area contributed by atoms with Crippen molar-refractivity contribution in [2.24, 2.45) is 11.8 Å². The van der Waals surface area contributed by atoms with Crippen molar-refractivity contribution in [2.45, 2.75) is 31.1 Å². The molecule has 130 valence electrons.